The monoisotopic (exact) mass is 439 g/mol. The molecule has 0 unspecified atom stereocenters. The lowest BCUT2D eigenvalue weighted by Crippen LogP contribution is -2.24. The molecule has 0 radical (unpaired) electrons. The molecule has 168 valence electrons. The molecule has 0 fully saturated rings. The molecule has 1 heterocycles. The summed E-state index contributed by atoms with van der Waals surface area (Å²) in [5, 5.41) is 10.6. The zero-order valence-corrected chi connectivity index (χ0v) is 18.6. The first-order valence-electron chi connectivity index (χ1n) is 9.90. The standard InChI is InChI=1S/C24H25NO7/c1-6-32-19-9-7-8-15(22(19)26)12-17-21(24(28)31-5)14(2)25(23(17)27)16-10-11-18(29-3)20(13-16)30-4/h7-13,26H,6H2,1-5H3/b17-12-. The summed E-state index contributed by atoms with van der Waals surface area (Å²) < 4.78 is 21.0. The highest BCUT2D eigenvalue weighted by Crippen LogP contribution is 2.40. The molecule has 2 aromatic carbocycles. The predicted octanol–water partition coefficient (Wildman–Crippen LogP) is 3.69. The number of ether oxygens (including phenoxy) is 4. The number of nitrogens with zero attached hydrogens (tertiary/aromatic N) is 1. The maximum absolute atomic E-state index is 13.5. The van der Waals surface area contributed by atoms with Gasteiger partial charge in [0, 0.05) is 17.3 Å². The smallest absolute Gasteiger partial charge is 0.340 e. The van der Waals surface area contributed by atoms with Crippen molar-refractivity contribution in [3.05, 3.63) is 58.8 Å². The van der Waals surface area contributed by atoms with Gasteiger partial charge in [0.2, 0.25) is 0 Å². The van der Waals surface area contributed by atoms with Crippen LogP contribution in [0.5, 0.6) is 23.0 Å². The first-order valence-corrected chi connectivity index (χ1v) is 9.90. The summed E-state index contributed by atoms with van der Waals surface area (Å²) in [6.07, 6.45) is 1.46. The number of para-hydroxylation sites is 1. The Bertz CT molecular complexity index is 1120. The number of esters is 1. The fourth-order valence-corrected chi connectivity index (χ4v) is 3.54. The number of aromatic hydroxyl groups is 1. The summed E-state index contributed by atoms with van der Waals surface area (Å²) in [4.78, 5) is 27.4. The Kier molecular flexibility index (Phi) is 6.73. The number of phenols is 1. The van der Waals surface area contributed by atoms with E-state index in [1.54, 1.807) is 50.2 Å². The second-order valence-electron chi connectivity index (χ2n) is 6.82. The fraction of sp³-hybridized carbons (Fsp3) is 0.250. The van der Waals surface area contributed by atoms with Crippen molar-refractivity contribution in [3.63, 3.8) is 0 Å². The molecule has 8 heteroatoms. The number of hydrogen-bond acceptors (Lipinski definition) is 7. The number of carbonyl (C=O) groups excluding carboxylic acids is 2. The molecule has 0 bridgehead atoms. The van der Waals surface area contributed by atoms with E-state index in [1.165, 1.54) is 32.3 Å². The molecule has 0 saturated heterocycles. The van der Waals surface area contributed by atoms with Crippen molar-refractivity contribution >= 4 is 23.6 Å². The Labute approximate surface area is 186 Å². The van der Waals surface area contributed by atoms with Crippen LogP contribution in [0.1, 0.15) is 19.4 Å². The normalized spacial score (nSPS) is 14.7. The van der Waals surface area contributed by atoms with Crippen LogP contribution in [0.2, 0.25) is 0 Å². The summed E-state index contributed by atoms with van der Waals surface area (Å²) in [5.74, 6) is -0.0110. The van der Waals surface area contributed by atoms with E-state index in [0.717, 1.165) is 0 Å². The van der Waals surface area contributed by atoms with E-state index >= 15 is 0 Å². The van der Waals surface area contributed by atoms with Crippen molar-refractivity contribution in [2.24, 2.45) is 0 Å². The number of rotatable bonds is 7. The Morgan fingerprint density at radius 1 is 1.06 bits per heavy atom. The van der Waals surface area contributed by atoms with Crippen LogP contribution in [0.15, 0.2) is 53.2 Å². The minimum Gasteiger partial charge on any atom is -0.504 e. The first-order chi connectivity index (χ1) is 15.4. The summed E-state index contributed by atoms with van der Waals surface area (Å²) in [5.41, 5.74) is 1.41. The van der Waals surface area contributed by atoms with Gasteiger partial charge in [0.25, 0.3) is 5.91 Å². The number of methoxy groups -OCH3 is 3. The van der Waals surface area contributed by atoms with Crippen molar-refractivity contribution < 1.29 is 33.6 Å². The number of anilines is 1. The van der Waals surface area contributed by atoms with Crippen molar-refractivity contribution in [2.45, 2.75) is 13.8 Å². The number of amides is 1. The molecule has 1 amide bonds. The zero-order chi connectivity index (χ0) is 23.4. The van der Waals surface area contributed by atoms with Crippen LogP contribution >= 0.6 is 0 Å². The second-order valence-corrected chi connectivity index (χ2v) is 6.82. The van der Waals surface area contributed by atoms with Crippen LogP contribution in [0.25, 0.3) is 6.08 Å². The summed E-state index contributed by atoms with van der Waals surface area (Å²) in [7, 11) is 4.26. The molecule has 32 heavy (non-hydrogen) atoms. The molecular formula is C24H25NO7. The SMILES string of the molecule is CCOc1cccc(/C=C2\C(=O)N(c3ccc(OC)c(OC)c3)C(C)=C2C(=O)OC)c1O. The third kappa shape index (κ3) is 3.99. The Balaban J connectivity index is 2.15. The summed E-state index contributed by atoms with van der Waals surface area (Å²) >= 11 is 0. The lowest BCUT2D eigenvalue weighted by atomic mass is 10.0. The molecule has 1 aliphatic rings. The molecule has 8 nitrogen and oxygen atoms in total. The third-order valence-electron chi connectivity index (χ3n) is 5.04. The second kappa shape index (κ2) is 9.47. The average Bonchev–Trinajstić information content (AvgIpc) is 3.04. The first kappa shape index (κ1) is 22.7. The van der Waals surface area contributed by atoms with Crippen LogP contribution in [0.4, 0.5) is 5.69 Å². The number of carbonyl (C=O) groups is 2. The van der Waals surface area contributed by atoms with Gasteiger partial charge in [-0.2, -0.15) is 0 Å². The Morgan fingerprint density at radius 2 is 1.78 bits per heavy atom. The van der Waals surface area contributed by atoms with Gasteiger partial charge in [-0.05, 0) is 38.1 Å². The van der Waals surface area contributed by atoms with Crippen LogP contribution in [-0.2, 0) is 14.3 Å². The minimum atomic E-state index is -0.662. The fourth-order valence-electron chi connectivity index (χ4n) is 3.54. The maximum atomic E-state index is 13.5. The van der Waals surface area contributed by atoms with E-state index in [-0.39, 0.29) is 22.6 Å². The Hall–Kier alpha value is -3.94. The van der Waals surface area contributed by atoms with Crippen LogP contribution in [0, 0.1) is 0 Å². The topological polar surface area (TPSA) is 94.5 Å². The minimum absolute atomic E-state index is 0.0908. The molecule has 0 spiro atoms. The molecule has 2 aromatic rings. The van der Waals surface area contributed by atoms with Gasteiger partial charge < -0.3 is 24.1 Å². The van der Waals surface area contributed by atoms with Gasteiger partial charge in [0.1, 0.15) is 0 Å². The van der Waals surface area contributed by atoms with Gasteiger partial charge in [0.15, 0.2) is 23.0 Å². The van der Waals surface area contributed by atoms with Crippen molar-refractivity contribution in [2.75, 3.05) is 32.8 Å². The van der Waals surface area contributed by atoms with Gasteiger partial charge in [-0.1, -0.05) is 12.1 Å². The van der Waals surface area contributed by atoms with E-state index in [4.69, 9.17) is 18.9 Å². The van der Waals surface area contributed by atoms with E-state index in [0.29, 0.717) is 35.1 Å². The van der Waals surface area contributed by atoms with Gasteiger partial charge >= 0.3 is 5.97 Å². The highest BCUT2D eigenvalue weighted by atomic mass is 16.5. The molecule has 0 atom stereocenters. The van der Waals surface area contributed by atoms with Gasteiger partial charge in [0.05, 0.1) is 44.8 Å². The number of phenolic OH excluding ortho intramolecular Hbond substituents is 1. The highest BCUT2D eigenvalue weighted by Gasteiger charge is 2.38. The van der Waals surface area contributed by atoms with Crippen molar-refractivity contribution in [3.8, 4) is 23.0 Å². The van der Waals surface area contributed by atoms with Crippen molar-refractivity contribution in [1.82, 2.24) is 0 Å². The lowest BCUT2D eigenvalue weighted by molar-refractivity contribution is -0.136. The van der Waals surface area contributed by atoms with Crippen LogP contribution < -0.4 is 19.1 Å². The summed E-state index contributed by atoms with van der Waals surface area (Å²) in [6, 6.07) is 9.94. The molecule has 1 N–H and O–H groups in total. The van der Waals surface area contributed by atoms with Crippen molar-refractivity contribution in [1.29, 1.82) is 0 Å². The van der Waals surface area contributed by atoms with Crippen LogP contribution in [-0.4, -0.2) is 44.9 Å². The molecule has 0 aromatic heterocycles. The molecular weight excluding hydrogens is 414 g/mol. The molecule has 0 saturated carbocycles. The van der Waals surface area contributed by atoms with E-state index in [1.807, 2.05) is 0 Å². The van der Waals surface area contributed by atoms with Gasteiger partial charge in [-0.25, -0.2) is 4.79 Å². The van der Waals surface area contributed by atoms with Crippen LogP contribution in [0.3, 0.4) is 0 Å². The van der Waals surface area contributed by atoms with Gasteiger partial charge in [-0.15, -0.1) is 0 Å². The molecule has 0 aliphatic carbocycles. The quantitative estimate of drug-likeness (QED) is 0.519. The number of allylic oxidation sites excluding steroid dienone is 1. The average molecular weight is 439 g/mol. The Morgan fingerprint density at radius 3 is 2.41 bits per heavy atom. The predicted molar refractivity (Wildman–Crippen MR) is 119 cm³/mol. The molecule has 1 aliphatic heterocycles. The third-order valence-corrected chi connectivity index (χ3v) is 5.04. The van der Waals surface area contributed by atoms with E-state index < -0.39 is 11.9 Å². The number of benzene rings is 2. The maximum Gasteiger partial charge on any atom is 0.340 e. The van der Waals surface area contributed by atoms with E-state index in [9.17, 15) is 14.7 Å². The largest absolute Gasteiger partial charge is 0.504 e. The zero-order valence-electron chi connectivity index (χ0n) is 18.6. The summed E-state index contributed by atoms with van der Waals surface area (Å²) in [6.45, 7) is 3.82. The number of hydrogen-bond donors (Lipinski definition) is 1. The molecule has 3 rings (SSSR count). The van der Waals surface area contributed by atoms with Gasteiger partial charge in [-0.3, -0.25) is 9.69 Å². The highest BCUT2D eigenvalue weighted by molar-refractivity contribution is 6.24. The van der Waals surface area contributed by atoms with E-state index in [2.05, 4.69) is 0 Å². The lowest BCUT2D eigenvalue weighted by Gasteiger charge is -2.19.